The molecule has 0 amide bonds. The summed E-state index contributed by atoms with van der Waals surface area (Å²) in [5.74, 6) is 1.34. The van der Waals surface area contributed by atoms with Crippen molar-refractivity contribution >= 4 is 11.6 Å². The van der Waals surface area contributed by atoms with Crippen LogP contribution in [0.5, 0.6) is 0 Å². The molecule has 90 valence electrons. The molecule has 0 aliphatic heterocycles. The SMILES string of the molecule is CNCCC(CC(C)C)c1cccc(Cl)c1. The van der Waals surface area contributed by atoms with Crippen LogP contribution < -0.4 is 5.32 Å². The second-order valence-electron chi connectivity index (χ2n) is 4.77. The zero-order valence-corrected chi connectivity index (χ0v) is 11.2. The zero-order chi connectivity index (χ0) is 12.0. The molecule has 0 radical (unpaired) electrons. The lowest BCUT2D eigenvalue weighted by atomic mass is 9.88. The van der Waals surface area contributed by atoms with Gasteiger partial charge >= 0.3 is 0 Å². The molecule has 1 aromatic rings. The summed E-state index contributed by atoms with van der Waals surface area (Å²) < 4.78 is 0. The third kappa shape index (κ3) is 4.54. The molecular weight excluding hydrogens is 218 g/mol. The van der Waals surface area contributed by atoms with E-state index in [2.05, 4.69) is 31.3 Å². The van der Waals surface area contributed by atoms with Gasteiger partial charge in [0.2, 0.25) is 0 Å². The van der Waals surface area contributed by atoms with Crippen molar-refractivity contribution in [2.75, 3.05) is 13.6 Å². The van der Waals surface area contributed by atoms with E-state index in [1.807, 2.05) is 19.2 Å². The smallest absolute Gasteiger partial charge is 0.0408 e. The van der Waals surface area contributed by atoms with E-state index in [1.54, 1.807) is 0 Å². The third-order valence-corrected chi connectivity index (χ3v) is 3.05. The van der Waals surface area contributed by atoms with Gasteiger partial charge in [0.1, 0.15) is 0 Å². The van der Waals surface area contributed by atoms with Crippen LogP contribution in [0.25, 0.3) is 0 Å². The highest BCUT2D eigenvalue weighted by Gasteiger charge is 2.13. The van der Waals surface area contributed by atoms with Gasteiger partial charge in [-0.25, -0.2) is 0 Å². The molecule has 1 aromatic carbocycles. The van der Waals surface area contributed by atoms with Gasteiger partial charge in [-0.3, -0.25) is 0 Å². The molecule has 0 bridgehead atoms. The van der Waals surface area contributed by atoms with Crippen LogP contribution in [0, 0.1) is 5.92 Å². The summed E-state index contributed by atoms with van der Waals surface area (Å²) in [4.78, 5) is 0. The molecule has 0 aliphatic carbocycles. The maximum Gasteiger partial charge on any atom is 0.0408 e. The van der Waals surface area contributed by atoms with Crippen molar-refractivity contribution in [1.82, 2.24) is 5.32 Å². The van der Waals surface area contributed by atoms with Gasteiger partial charge in [-0.1, -0.05) is 37.6 Å². The molecule has 0 aliphatic rings. The maximum absolute atomic E-state index is 6.04. The summed E-state index contributed by atoms with van der Waals surface area (Å²) in [5.41, 5.74) is 1.37. The minimum atomic E-state index is 0.617. The molecule has 0 saturated carbocycles. The maximum atomic E-state index is 6.04. The first-order valence-electron chi connectivity index (χ1n) is 6.03. The average Bonchev–Trinajstić information content (AvgIpc) is 2.23. The van der Waals surface area contributed by atoms with Crippen LogP contribution in [-0.2, 0) is 0 Å². The Hall–Kier alpha value is -0.530. The van der Waals surface area contributed by atoms with Crippen LogP contribution in [0.3, 0.4) is 0 Å². The quantitative estimate of drug-likeness (QED) is 0.789. The Balaban J connectivity index is 2.74. The molecule has 1 N–H and O–H groups in total. The molecule has 1 rings (SSSR count). The summed E-state index contributed by atoms with van der Waals surface area (Å²) in [6.45, 7) is 5.61. The highest BCUT2D eigenvalue weighted by Crippen LogP contribution is 2.28. The first-order valence-corrected chi connectivity index (χ1v) is 6.41. The number of halogens is 1. The van der Waals surface area contributed by atoms with Gasteiger partial charge in [-0.15, -0.1) is 0 Å². The van der Waals surface area contributed by atoms with Gasteiger partial charge in [0.05, 0.1) is 0 Å². The largest absolute Gasteiger partial charge is 0.320 e. The van der Waals surface area contributed by atoms with E-state index >= 15 is 0 Å². The minimum absolute atomic E-state index is 0.617. The van der Waals surface area contributed by atoms with Crippen molar-refractivity contribution in [3.8, 4) is 0 Å². The molecule has 2 heteroatoms. The third-order valence-electron chi connectivity index (χ3n) is 2.82. The van der Waals surface area contributed by atoms with Crippen LogP contribution in [0.4, 0.5) is 0 Å². The van der Waals surface area contributed by atoms with E-state index in [0.717, 1.165) is 17.5 Å². The van der Waals surface area contributed by atoms with Gasteiger partial charge in [0.15, 0.2) is 0 Å². The van der Waals surface area contributed by atoms with Gasteiger partial charge in [0, 0.05) is 5.02 Å². The van der Waals surface area contributed by atoms with Crippen LogP contribution >= 0.6 is 11.6 Å². The monoisotopic (exact) mass is 239 g/mol. The second kappa shape index (κ2) is 6.93. The molecule has 0 aromatic heterocycles. The molecule has 0 heterocycles. The Morgan fingerprint density at radius 3 is 2.62 bits per heavy atom. The van der Waals surface area contributed by atoms with Crippen molar-refractivity contribution in [2.45, 2.75) is 32.6 Å². The van der Waals surface area contributed by atoms with Crippen LogP contribution in [0.15, 0.2) is 24.3 Å². The number of nitrogens with one attached hydrogen (secondary N) is 1. The van der Waals surface area contributed by atoms with Crippen molar-refractivity contribution in [1.29, 1.82) is 0 Å². The highest BCUT2D eigenvalue weighted by atomic mass is 35.5. The van der Waals surface area contributed by atoms with Crippen molar-refractivity contribution < 1.29 is 0 Å². The number of hydrogen-bond acceptors (Lipinski definition) is 1. The van der Waals surface area contributed by atoms with Gasteiger partial charge in [-0.2, -0.15) is 0 Å². The first-order chi connectivity index (χ1) is 7.63. The lowest BCUT2D eigenvalue weighted by molar-refractivity contribution is 0.470. The van der Waals surface area contributed by atoms with E-state index in [0.29, 0.717) is 5.92 Å². The van der Waals surface area contributed by atoms with E-state index in [9.17, 15) is 0 Å². The number of hydrogen-bond donors (Lipinski definition) is 1. The molecular formula is C14H22ClN. The Morgan fingerprint density at radius 1 is 1.31 bits per heavy atom. The van der Waals surface area contributed by atoms with Crippen molar-refractivity contribution in [3.63, 3.8) is 0 Å². The lowest BCUT2D eigenvalue weighted by Crippen LogP contribution is -2.13. The second-order valence-corrected chi connectivity index (χ2v) is 5.21. The fraction of sp³-hybridized carbons (Fsp3) is 0.571. The van der Waals surface area contributed by atoms with Crippen LogP contribution in [-0.4, -0.2) is 13.6 Å². The zero-order valence-electron chi connectivity index (χ0n) is 10.5. The fourth-order valence-corrected chi connectivity index (χ4v) is 2.27. The number of rotatable bonds is 6. The molecule has 1 unspecified atom stereocenters. The van der Waals surface area contributed by atoms with Gasteiger partial charge < -0.3 is 5.32 Å². The normalized spacial score (nSPS) is 13.1. The molecule has 16 heavy (non-hydrogen) atoms. The Labute approximate surface area is 104 Å². The van der Waals surface area contributed by atoms with E-state index < -0.39 is 0 Å². The summed E-state index contributed by atoms with van der Waals surface area (Å²) in [5, 5.41) is 4.07. The summed E-state index contributed by atoms with van der Waals surface area (Å²) >= 11 is 6.04. The van der Waals surface area contributed by atoms with Gasteiger partial charge in [0.25, 0.3) is 0 Å². The molecule has 1 nitrogen and oxygen atoms in total. The summed E-state index contributed by atoms with van der Waals surface area (Å²) in [7, 11) is 2.00. The predicted octanol–water partition coefficient (Wildman–Crippen LogP) is 4.08. The average molecular weight is 240 g/mol. The van der Waals surface area contributed by atoms with Crippen molar-refractivity contribution in [3.05, 3.63) is 34.9 Å². The van der Waals surface area contributed by atoms with Crippen LogP contribution in [0.1, 0.15) is 38.2 Å². The first kappa shape index (κ1) is 13.5. The van der Waals surface area contributed by atoms with E-state index in [4.69, 9.17) is 11.6 Å². The molecule has 0 spiro atoms. The number of benzene rings is 1. The minimum Gasteiger partial charge on any atom is -0.320 e. The van der Waals surface area contributed by atoms with Gasteiger partial charge in [-0.05, 0) is 56.0 Å². The Morgan fingerprint density at radius 2 is 2.06 bits per heavy atom. The topological polar surface area (TPSA) is 12.0 Å². The Bertz CT molecular complexity index is 309. The Kier molecular flexibility index (Phi) is 5.86. The summed E-state index contributed by atoms with van der Waals surface area (Å²) in [6, 6.07) is 8.28. The predicted molar refractivity (Wildman–Crippen MR) is 72.2 cm³/mol. The molecule has 0 fully saturated rings. The fourth-order valence-electron chi connectivity index (χ4n) is 2.07. The van der Waals surface area contributed by atoms with Crippen LogP contribution in [0.2, 0.25) is 5.02 Å². The van der Waals surface area contributed by atoms with E-state index in [-0.39, 0.29) is 0 Å². The highest BCUT2D eigenvalue weighted by molar-refractivity contribution is 6.30. The molecule has 1 atom stereocenters. The standard InChI is InChI=1S/C14H22ClN/c1-11(2)9-13(7-8-16-3)12-5-4-6-14(15)10-12/h4-6,10-11,13,16H,7-9H2,1-3H3. The van der Waals surface area contributed by atoms with E-state index in [1.165, 1.54) is 18.4 Å². The molecule has 0 saturated heterocycles. The van der Waals surface area contributed by atoms with Crippen molar-refractivity contribution in [2.24, 2.45) is 5.92 Å². The summed E-state index contributed by atoms with van der Waals surface area (Å²) in [6.07, 6.45) is 2.40. The lowest BCUT2D eigenvalue weighted by Gasteiger charge is -2.19.